The molecule has 6 nitrogen and oxygen atoms in total. The quantitative estimate of drug-likeness (QED) is 0.187. The maximum atomic E-state index is 14.2. The molecule has 43 heavy (non-hydrogen) atoms. The molecule has 1 amide bonds. The van der Waals surface area contributed by atoms with E-state index in [2.05, 4.69) is 5.32 Å². The van der Waals surface area contributed by atoms with E-state index in [4.69, 9.17) is 4.74 Å². The van der Waals surface area contributed by atoms with Gasteiger partial charge in [0.05, 0.1) is 7.11 Å². The number of allylic oxidation sites excluding steroid dienone is 1. The zero-order valence-electron chi connectivity index (χ0n) is 23.8. The lowest BCUT2D eigenvalue weighted by Crippen LogP contribution is -2.44. The Bertz CT molecular complexity index is 1660. The third kappa shape index (κ3) is 7.25. The van der Waals surface area contributed by atoms with Crippen LogP contribution in [0, 0.1) is 11.7 Å². The Morgan fingerprint density at radius 3 is 2.30 bits per heavy atom. The number of fused-ring (bicyclic) bond motifs is 1. The minimum Gasteiger partial charge on any atom is -0.497 e. The smallest absolute Gasteiger partial charge is 0.326 e. The fraction of sp³-hybridized carbons (Fsp3) is 0.194. The number of carboxylic acid groups (broad SMARTS) is 1. The number of carbonyl (C=O) groups excluding carboxylic acids is 2. The van der Waals surface area contributed by atoms with Crippen molar-refractivity contribution in [3.8, 4) is 16.9 Å². The first-order chi connectivity index (χ1) is 20.8. The molecule has 0 saturated heterocycles. The second-order valence-electron chi connectivity index (χ2n) is 10.7. The molecule has 0 spiro atoms. The Labute approximate surface area is 249 Å². The first-order valence-electron chi connectivity index (χ1n) is 14.1. The van der Waals surface area contributed by atoms with Gasteiger partial charge in [0.15, 0.2) is 5.78 Å². The summed E-state index contributed by atoms with van der Waals surface area (Å²) >= 11 is 0. The normalized spacial score (nSPS) is 13.4. The molecule has 0 saturated carbocycles. The van der Waals surface area contributed by atoms with E-state index in [1.807, 2.05) is 84.9 Å². The summed E-state index contributed by atoms with van der Waals surface area (Å²) in [5, 5.41) is 12.7. The van der Waals surface area contributed by atoms with Crippen LogP contribution in [0.4, 0.5) is 4.39 Å². The van der Waals surface area contributed by atoms with Gasteiger partial charge >= 0.3 is 5.97 Å². The predicted molar refractivity (Wildman–Crippen MR) is 163 cm³/mol. The van der Waals surface area contributed by atoms with Crippen LogP contribution in [0.15, 0.2) is 103 Å². The molecule has 218 valence electrons. The highest BCUT2D eigenvalue weighted by molar-refractivity contribution is 5.99. The van der Waals surface area contributed by atoms with Gasteiger partial charge in [0.25, 0.3) is 0 Å². The summed E-state index contributed by atoms with van der Waals surface area (Å²) in [6, 6.07) is 27.9. The second-order valence-corrected chi connectivity index (χ2v) is 10.7. The van der Waals surface area contributed by atoms with Crippen molar-refractivity contribution in [3.63, 3.8) is 0 Å². The van der Waals surface area contributed by atoms with E-state index in [1.165, 1.54) is 19.2 Å². The maximum Gasteiger partial charge on any atom is 0.326 e. The first kappa shape index (κ1) is 29.5. The van der Waals surface area contributed by atoms with E-state index in [-0.39, 0.29) is 30.6 Å². The minimum absolute atomic E-state index is 0.0802. The highest BCUT2D eigenvalue weighted by Crippen LogP contribution is 2.31. The number of ketones is 1. The van der Waals surface area contributed by atoms with Crippen LogP contribution in [0.2, 0.25) is 0 Å². The number of benzene rings is 4. The van der Waals surface area contributed by atoms with Crippen LogP contribution in [0.3, 0.4) is 0 Å². The third-order valence-corrected chi connectivity index (χ3v) is 7.75. The number of ether oxygens (including phenoxy) is 1. The average Bonchev–Trinajstić information content (AvgIpc) is 3.43. The first-order valence-corrected chi connectivity index (χ1v) is 14.1. The molecule has 2 atom stereocenters. The predicted octanol–water partition coefficient (Wildman–Crippen LogP) is 6.53. The molecule has 1 aliphatic rings. The van der Waals surface area contributed by atoms with Gasteiger partial charge in [-0.15, -0.1) is 0 Å². The summed E-state index contributed by atoms with van der Waals surface area (Å²) in [5.41, 5.74) is 5.89. The van der Waals surface area contributed by atoms with Crippen LogP contribution in [-0.2, 0) is 22.4 Å². The number of carboxylic acids is 1. The molecule has 0 aromatic heterocycles. The third-order valence-electron chi connectivity index (χ3n) is 7.75. The lowest BCUT2D eigenvalue weighted by Gasteiger charge is -2.21. The van der Waals surface area contributed by atoms with Crippen molar-refractivity contribution in [1.29, 1.82) is 0 Å². The lowest BCUT2D eigenvalue weighted by atomic mass is 9.90. The Hall–Kier alpha value is -5.04. The van der Waals surface area contributed by atoms with Crippen LogP contribution in [0.5, 0.6) is 5.75 Å². The summed E-state index contributed by atoms with van der Waals surface area (Å²) in [4.78, 5) is 39.3. The molecule has 1 aliphatic carbocycles. The van der Waals surface area contributed by atoms with Crippen LogP contribution in [0.25, 0.3) is 16.7 Å². The van der Waals surface area contributed by atoms with Crippen molar-refractivity contribution in [2.24, 2.45) is 5.92 Å². The van der Waals surface area contributed by atoms with Crippen LogP contribution in [-0.4, -0.2) is 35.9 Å². The van der Waals surface area contributed by atoms with Gasteiger partial charge in [-0.3, -0.25) is 9.59 Å². The van der Waals surface area contributed by atoms with Crippen LogP contribution < -0.4 is 10.1 Å². The number of amides is 1. The van der Waals surface area contributed by atoms with E-state index in [9.17, 15) is 23.9 Å². The van der Waals surface area contributed by atoms with E-state index in [0.29, 0.717) is 6.42 Å². The lowest BCUT2D eigenvalue weighted by molar-refractivity contribution is -0.142. The molecule has 0 bridgehead atoms. The summed E-state index contributed by atoms with van der Waals surface area (Å²) in [6.07, 6.45) is 2.76. The van der Waals surface area contributed by atoms with Crippen molar-refractivity contribution in [2.75, 3.05) is 7.11 Å². The van der Waals surface area contributed by atoms with E-state index in [1.54, 1.807) is 0 Å². The molecular weight excluding hydrogens is 545 g/mol. The number of nitrogens with one attached hydrogen (secondary N) is 1. The summed E-state index contributed by atoms with van der Waals surface area (Å²) < 4.78 is 19.3. The largest absolute Gasteiger partial charge is 0.497 e. The number of carbonyl (C=O) groups is 3. The Kier molecular flexibility index (Phi) is 9.11. The number of aliphatic carboxylic acids is 1. The molecule has 4 aromatic carbocycles. The molecule has 7 heteroatoms. The Balaban J connectivity index is 1.37. The number of hydrogen-bond acceptors (Lipinski definition) is 4. The molecular formula is C36H32FNO5. The number of halogens is 1. The van der Waals surface area contributed by atoms with E-state index < -0.39 is 35.4 Å². The standard InChI is InChI=1S/C36H32FNO5/c1-43-31-19-28(18-30(37)22-31)34(39)21-29(17-23-11-13-25(14-12-23)24-7-3-2-4-8-24)35(40)38-33(36(41)42)20-27-16-15-26-9-5-6-10-32(26)27/h2-14,16,18-19,22,29,33H,15,17,20-21H2,1H3,(H,38,40)(H,41,42)/t29-,33-/m0/s1. The zero-order chi connectivity index (χ0) is 30.3. The number of hydrogen-bond donors (Lipinski definition) is 2. The molecule has 2 N–H and O–H groups in total. The van der Waals surface area contributed by atoms with Gasteiger partial charge in [0.2, 0.25) is 5.91 Å². The molecule has 0 radical (unpaired) electrons. The van der Waals surface area contributed by atoms with Crippen molar-refractivity contribution in [3.05, 3.63) is 131 Å². The van der Waals surface area contributed by atoms with Gasteiger partial charge in [-0.2, -0.15) is 0 Å². The summed E-state index contributed by atoms with van der Waals surface area (Å²) in [7, 11) is 1.38. The fourth-order valence-corrected chi connectivity index (χ4v) is 5.45. The Morgan fingerprint density at radius 2 is 1.58 bits per heavy atom. The van der Waals surface area contributed by atoms with Gasteiger partial charge in [-0.05, 0) is 58.4 Å². The van der Waals surface area contributed by atoms with Crippen molar-refractivity contribution >= 4 is 23.2 Å². The number of Topliss-reactive ketones (excluding diaryl/α,β-unsaturated/α-hetero) is 1. The highest BCUT2D eigenvalue weighted by atomic mass is 19.1. The van der Waals surface area contributed by atoms with Gasteiger partial charge < -0.3 is 15.2 Å². The van der Waals surface area contributed by atoms with Crippen molar-refractivity contribution < 1.29 is 28.6 Å². The molecule has 5 rings (SSSR count). The monoisotopic (exact) mass is 577 g/mol. The van der Waals surface area contributed by atoms with E-state index in [0.717, 1.165) is 39.5 Å². The maximum absolute atomic E-state index is 14.2. The molecule has 0 aliphatic heterocycles. The van der Waals surface area contributed by atoms with Crippen LogP contribution >= 0.6 is 0 Å². The van der Waals surface area contributed by atoms with Crippen molar-refractivity contribution in [1.82, 2.24) is 5.32 Å². The molecule has 0 heterocycles. The van der Waals surface area contributed by atoms with Gasteiger partial charge in [0, 0.05) is 30.4 Å². The van der Waals surface area contributed by atoms with Gasteiger partial charge in [-0.25, -0.2) is 9.18 Å². The zero-order valence-corrected chi connectivity index (χ0v) is 23.8. The summed E-state index contributed by atoms with van der Waals surface area (Å²) in [6.45, 7) is 0. The number of methoxy groups -OCH3 is 1. The molecule has 0 fully saturated rings. The SMILES string of the molecule is COc1cc(F)cc(C(=O)C[C@H](Cc2ccc(-c3ccccc3)cc2)C(=O)N[C@@H](CC2=CCc3ccccc32)C(=O)O)c1. The van der Waals surface area contributed by atoms with Gasteiger partial charge in [-0.1, -0.05) is 84.9 Å². The minimum atomic E-state index is -1.18. The Morgan fingerprint density at radius 1 is 0.884 bits per heavy atom. The number of rotatable bonds is 12. The fourth-order valence-electron chi connectivity index (χ4n) is 5.45. The van der Waals surface area contributed by atoms with Crippen molar-refractivity contribution in [2.45, 2.75) is 31.7 Å². The average molecular weight is 578 g/mol. The molecule has 4 aromatic rings. The highest BCUT2D eigenvalue weighted by Gasteiger charge is 2.30. The second kappa shape index (κ2) is 13.3. The summed E-state index contributed by atoms with van der Waals surface area (Å²) in [5.74, 6) is -3.49. The van der Waals surface area contributed by atoms with E-state index >= 15 is 0 Å². The molecule has 0 unspecified atom stereocenters. The van der Waals surface area contributed by atoms with Gasteiger partial charge in [0.1, 0.15) is 17.6 Å². The van der Waals surface area contributed by atoms with Crippen LogP contribution in [0.1, 0.15) is 39.9 Å². The topological polar surface area (TPSA) is 92.7 Å².